The Balaban J connectivity index is 1.06. The fourth-order valence-electron chi connectivity index (χ4n) is 7.94. The Morgan fingerprint density at radius 1 is 0.860 bits per heavy atom. The van der Waals surface area contributed by atoms with E-state index in [1.54, 1.807) is 0 Å². The summed E-state index contributed by atoms with van der Waals surface area (Å²) in [6.45, 7) is 5.00. The number of aliphatic hydroxyl groups excluding tert-OH is 1. The summed E-state index contributed by atoms with van der Waals surface area (Å²) >= 11 is 0. The minimum absolute atomic E-state index is 0.0110. The van der Waals surface area contributed by atoms with Crippen molar-refractivity contribution in [2.24, 2.45) is 5.92 Å². The summed E-state index contributed by atoms with van der Waals surface area (Å²) in [5, 5.41) is 14.8. The van der Waals surface area contributed by atoms with Crippen LogP contribution < -0.4 is 5.32 Å². The summed E-state index contributed by atoms with van der Waals surface area (Å²) in [5.74, 6) is -2.57. The largest absolute Gasteiger partial charge is 0.471 e. The molecule has 2 fully saturated rings. The van der Waals surface area contributed by atoms with E-state index in [0.717, 1.165) is 33.4 Å². The molecule has 11 heteroatoms. The Hall–Kier alpha value is -5.07. The zero-order chi connectivity index (χ0) is 40.3. The van der Waals surface area contributed by atoms with Crippen molar-refractivity contribution in [2.75, 3.05) is 20.1 Å². The number of halogens is 3. The molecule has 0 saturated carbocycles. The van der Waals surface area contributed by atoms with E-state index >= 15 is 0 Å². The first-order valence-corrected chi connectivity index (χ1v) is 19.4. The van der Waals surface area contributed by atoms with Crippen molar-refractivity contribution >= 4 is 22.6 Å². The highest BCUT2D eigenvalue weighted by molar-refractivity contribution is 5.90. The van der Waals surface area contributed by atoms with Gasteiger partial charge >= 0.3 is 12.1 Å². The zero-order valence-corrected chi connectivity index (χ0v) is 32.3. The highest BCUT2D eigenvalue weighted by Gasteiger charge is 2.47. The number of likely N-dealkylation sites (tertiary alicyclic amines) is 1. The molecule has 5 aromatic carbocycles. The third-order valence-corrected chi connectivity index (χ3v) is 11.5. The van der Waals surface area contributed by atoms with Crippen molar-refractivity contribution in [3.63, 3.8) is 0 Å². The van der Waals surface area contributed by atoms with Crippen LogP contribution in [0.25, 0.3) is 21.9 Å². The van der Waals surface area contributed by atoms with E-state index in [4.69, 9.17) is 9.47 Å². The first-order chi connectivity index (χ1) is 27.4. The van der Waals surface area contributed by atoms with Crippen LogP contribution in [-0.2, 0) is 32.2 Å². The molecule has 2 amide bonds. The van der Waals surface area contributed by atoms with Gasteiger partial charge in [-0.15, -0.1) is 0 Å². The number of fused-ring (bicyclic) bond motifs is 1. The smallest absolute Gasteiger partial charge is 0.392 e. The minimum atomic E-state index is -5.02. The van der Waals surface area contributed by atoms with E-state index in [2.05, 4.69) is 67.5 Å². The predicted molar refractivity (Wildman–Crippen MR) is 212 cm³/mol. The number of nitrogens with one attached hydrogen (secondary N) is 1. The molecule has 0 bridgehead atoms. The van der Waals surface area contributed by atoms with Crippen LogP contribution in [0.2, 0.25) is 0 Å². The van der Waals surface area contributed by atoms with Crippen LogP contribution in [0.3, 0.4) is 0 Å². The van der Waals surface area contributed by atoms with Gasteiger partial charge in [0.25, 0.3) is 0 Å². The van der Waals surface area contributed by atoms with Crippen molar-refractivity contribution in [3.05, 3.63) is 143 Å². The quantitative estimate of drug-likeness (QED) is 0.140. The first-order valence-electron chi connectivity index (χ1n) is 19.4. The Morgan fingerprint density at radius 3 is 2.30 bits per heavy atom. The Kier molecular flexibility index (Phi) is 12.1. The molecule has 2 saturated heterocycles. The molecule has 0 aliphatic carbocycles. The van der Waals surface area contributed by atoms with Gasteiger partial charge in [-0.05, 0) is 83.1 Å². The lowest BCUT2D eigenvalue weighted by Crippen LogP contribution is -2.50. The number of ether oxygens (including phenoxy) is 2. The molecule has 2 aliphatic heterocycles. The fourth-order valence-corrected chi connectivity index (χ4v) is 7.94. The van der Waals surface area contributed by atoms with Crippen LogP contribution in [0, 0.1) is 5.92 Å². The summed E-state index contributed by atoms with van der Waals surface area (Å²) in [5.41, 5.74) is 6.51. The SMILES string of the molecule is C[C@H]1[C@@H](CN(C)[C@H](C)c2ccc3ccccc3c2)O[C@@H](c2ccc(-c3cccc(CNC(=O)[C@@H]4CCCN4C(=O)C(F)(F)F)c3)cc2)O[C@H]1c1ccc(CO)cc1. The second-order valence-electron chi connectivity index (χ2n) is 15.2. The lowest BCUT2D eigenvalue weighted by atomic mass is 9.89. The second-order valence-corrected chi connectivity index (χ2v) is 15.2. The molecule has 2 N–H and O–H groups in total. The van der Waals surface area contributed by atoms with E-state index in [1.165, 1.54) is 16.3 Å². The van der Waals surface area contributed by atoms with Crippen LogP contribution in [-0.4, -0.2) is 65.2 Å². The van der Waals surface area contributed by atoms with Crippen LogP contribution in [0.1, 0.15) is 72.9 Å². The summed E-state index contributed by atoms with van der Waals surface area (Å²) < 4.78 is 52.8. The molecule has 0 spiro atoms. The molecule has 5 aromatic rings. The van der Waals surface area contributed by atoms with Crippen molar-refractivity contribution in [3.8, 4) is 11.1 Å². The number of likely N-dealkylation sites (N-methyl/N-ethyl adjacent to an activating group) is 1. The lowest BCUT2D eigenvalue weighted by Gasteiger charge is -2.43. The van der Waals surface area contributed by atoms with Gasteiger partial charge in [-0.1, -0.05) is 110 Å². The molecule has 0 radical (unpaired) electrons. The number of carbonyl (C=O) groups excluding carboxylic acids is 2. The number of alkyl halides is 3. The molecular weight excluding hydrogens is 732 g/mol. The summed E-state index contributed by atoms with van der Waals surface area (Å²) in [4.78, 5) is 27.7. The molecule has 8 nitrogen and oxygen atoms in total. The van der Waals surface area contributed by atoms with Crippen molar-refractivity contribution in [1.29, 1.82) is 0 Å². The molecule has 2 heterocycles. The second kappa shape index (κ2) is 17.2. The number of aliphatic hydroxyl groups is 1. The van der Waals surface area contributed by atoms with E-state index in [-0.39, 0.29) is 50.3 Å². The Morgan fingerprint density at radius 2 is 1.58 bits per heavy atom. The number of rotatable bonds is 11. The number of hydrogen-bond donors (Lipinski definition) is 2. The molecule has 2 aliphatic rings. The summed E-state index contributed by atoms with van der Waals surface area (Å²) in [6, 6.07) is 37.4. The van der Waals surface area contributed by atoms with E-state index in [0.29, 0.717) is 17.9 Å². The Bertz CT molecular complexity index is 2180. The predicted octanol–water partition coefficient (Wildman–Crippen LogP) is 8.65. The van der Waals surface area contributed by atoms with Crippen LogP contribution >= 0.6 is 0 Å². The number of carbonyl (C=O) groups is 2. The van der Waals surface area contributed by atoms with Gasteiger partial charge < -0.3 is 24.8 Å². The third-order valence-electron chi connectivity index (χ3n) is 11.5. The van der Waals surface area contributed by atoms with E-state index in [9.17, 15) is 27.9 Å². The topological polar surface area (TPSA) is 91.3 Å². The zero-order valence-electron chi connectivity index (χ0n) is 32.3. The molecule has 57 heavy (non-hydrogen) atoms. The number of hydrogen-bond acceptors (Lipinski definition) is 6. The average molecular weight is 780 g/mol. The molecular formula is C46H48F3N3O5. The van der Waals surface area contributed by atoms with E-state index in [1.807, 2.05) is 78.9 Å². The van der Waals surface area contributed by atoms with Gasteiger partial charge in [-0.2, -0.15) is 13.2 Å². The van der Waals surface area contributed by atoms with Gasteiger partial charge in [0, 0.05) is 37.2 Å². The maximum absolute atomic E-state index is 13.1. The van der Waals surface area contributed by atoms with Crippen molar-refractivity contribution < 1.29 is 37.3 Å². The highest BCUT2D eigenvalue weighted by Crippen LogP contribution is 2.42. The number of benzene rings is 5. The molecule has 298 valence electrons. The van der Waals surface area contributed by atoms with E-state index < -0.39 is 30.3 Å². The van der Waals surface area contributed by atoms with Gasteiger partial charge in [0.1, 0.15) is 6.04 Å². The molecule has 0 aromatic heterocycles. The maximum Gasteiger partial charge on any atom is 0.471 e. The van der Waals surface area contributed by atoms with Gasteiger partial charge in [0.15, 0.2) is 6.29 Å². The van der Waals surface area contributed by atoms with Gasteiger partial charge in [-0.3, -0.25) is 14.5 Å². The van der Waals surface area contributed by atoms with Gasteiger partial charge in [0.2, 0.25) is 5.91 Å². The van der Waals surface area contributed by atoms with Crippen molar-refractivity contribution in [2.45, 2.75) is 76.6 Å². The van der Waals surface area contributed by atoms with Gasteiger partial charge in [0.05, 0.1) is 18.8 Å². The number of nitrogens with zero attached hydrogens (tertiary/aromatic N) is 2. The van der Waals surface area contributed by atoms with Crippen LogP contribution in [0.5, 0.6) is 0 Å². The third kappa shape index (κ3) is 9.07. The van der Waals surface area contributed by atoms with Crippen LogP contribution in [0.4, 0.5) is 13.2 Å². The lowest BCUT2D eigenvalue weighted by molar-refractivity contribution is -0.276. The monoisotopic (exact) mass is 779 g/mol. The fraction of sp³-hybridized carbons (Fsp3) is 0.348. The molecule has 7 rings (SSSR count). The average Bonchev–Trinajstić information content (AvgIpc) is 3.73. The van der Waals surface area contributed by atoms with Crippen molar-refractivity contribution in [1.82, 2.24) is 15.1 Å². The first kappa shape index (κ1) is 40.1. The highest BCUT2D eigenvalue weighted by atomic mass is 19.4. The number of amides is 2. The standard InChI is InChI=1S/C46H48F3N3O5/c1-29-41(27-51(3)30(2)37-22-19-33-9-4-5-10-39(33)25-37)56-44(57-42(29)35-15-13-31(28-53)14-16-35)36-20-17-34(18-21-36)38-11-6-8-32(24-38)26-50-43(54)40-12-7-23-52(40)45(55)46(47,48)49/h4-6,8-11,13-22,24-25,29-30,40-42,44,53H,7,12,23,26-28H2,1-3H3,(H,50,54)/t29-,30+,40-,41+,42+,44+/m0/s1. The minimum Gasteiger partial charge on any atom is -0.392 e. The van der Waals surface area contributed by atoms with Gasteiger partial charge in [-0.25, -0.2) is 0 Å². The summed E-state index contributed by atoms with van der Waals surface area (Å²) in [6.07, 6.45) is -5.58. The Labute approximate surface area is 331 Å². The van der Waals surface area contributed by atoms with Crippen LogP contribution in [0.15, 0.2) is 115 Å². The summed E-state index contributed by atoms with van der Waals surface area (Å²) in [7, 11) is 2.12. The molecule has 0 unspecified atom stereocenters. The molecule has 6 atom stereocenters. The maximum atomic E-state index is 13.1. The normalized spacial score (nSPS) is 21.8.